The molecule has 1 unspecified atom stereocenters. The number of aliphatic hydroxyl groups excluding tert-OH is 1. The molecular formula is C13H18N2O5. The number of nitrogens with zero attached hydrogens (tertiary/aromatic N) is 1. The summed E-state index contributed by atoms with van der Waals surface area (Å²) in [5, 5.41) is 22.9. The molecular weight excluding hydrogens is 264 g/mol. The zero-order chi connectivity index (χ0) is 15.3. The van der Waals surface area contributed by atoms with E-state index in [2.05, 4.69) is 5.32 Å². The van der Waals surface area contributed by atoms with E-state index >= 15 is 0 Å². The zero-order valence-corrected chi connectivity index (χ0v) is 11.7. The number of rotatable bonds is 6. The van der Waals surface area contributed by atoms with E-state index in [1.165, 1.54) is 25.3 Å². The van der Waals surface area contributed by atoms with Crippen molar-refractivity contribution < 1.29 is 19.6 Å². The minimum atomic E-state index is -0.785. The lowest BCUT2D eigenvalue weighted by Gasteiger charge is -2.27. The minimum Gasteiger partial charge on any atom is -0.490 e. The number of carbonyl (C=O) groups excluding carboxylic acids is 1. The fourth-order valence-corrected chi connectivity index (χ4v) is 1.64. The number of hydrogen-bond acceptors (Lipinski definition) is 5. The molecule has 0 radical (unpaired) electrons. The van der Waals surface area contributed by atoms with Crippen LogP contribution in [0.25, 0.3) is 0 Å². The number of carbonyl (C=O) groups is 1. The highest BCUT2D eigenvalue weighted by Crippen LogP contribution is 2.30. The number of nitro benzene ring substituents is 1. The highest BCUT2D eigenvalue weighted by molar-refractivity contribution is 5.98. The summed E-state index contributed by atoms with van der Waals surface area (Å²) in [6, 6.07) is 4.12. The molecule has 110 valence electrons. The molecule has 20 heavy (non-hydrogen) atoms. The lowest BCUT2D eigenvalue weighted by Crippen LogP contribution is -2.48. The summed E-state index contributed by atoms with van der Waals surface area (Å²) in [7, 11) is 1.27. The van der Waals surface area contributed by atoms with E-state index in [4.69, 9.17) is 4.74 Å². The Morgan fingerprint density at radius 2 is 2.20 bits per heavy atom. The molecule has 2 N–H and O–H groups in total. The second-order valence-electron chi connectivity index (χ2n) is 4.64. The molecule has 7 nitrogen and oxygen atoms in total. The molecule has 0 heterocycles. The van der Waals surface area contributed by atoms with Crippen LogP contribution >= 0.6 is 0 Å². The van der Waals surface area contributed by atoms with Crippen molar-refractivity contribution in [2.45, 2.75) is 25.8 Å². The predicted octanol–water partition coefficient (Wildman–Crippen LogP) is 1.49. The van der Waals surface area contributed by atoms with Gasteiger partial charge < -0.3 is 15.2 Å². The summed E-state index contributed by atoms with van der Waals surface area (Å²) in [4.78, 5) is 22.5. The molecule has 0 aliphatic carbocycles. The Balaban J connectivity index is 3.17. The maximum Gasteiger partial charge on any atom is 0.311 e. The number of methoxy groups -OCH3 is 1. The number of nitro groups is 1. The molecule has 0 aliphatic rings. The van der Waals surface area contributed by atoms with Crippen LogP contribution in [-0.2, 0) is 0 Å². The zero-order valence-electron chi connectivity index (χ0n) is 11.7. The first kappa shape index (κ1) is 15.9. The molecule has 0 saturated carbocycles. The normalized spacial score (nSPS) is 13.4. The van der Waals surface area contributed by atoms with E-state index in [9.17, 15) is 20.0 Å². The third-order valence-corrected chi connectivity index (χ3v) is 3.18. The van der Waals surface area contributed by atoms with Gasteiger partial charge in [0.15, 0.2) is 0 Å². The van der Waals surface area contributed by atoms with Crippen molar-refractivity contribution in [2.75, 3.05) is 13.7 Å². The molecule has 0 aromatic heterocycles. The van der Waals surface area contributed by atoms with Gasteiger partial charge in [0.2, 0.25) is 5.75 Å². The standard InChI is InChI=1S/C13H18N2O5/c1-4-13(2,8-16)14-12(17)9-6-5-7-10(15(18)19)11(9)20-3/h5-7,16H,4,8H2,1-3H3,(H,14,17). The van der Waals surface area contributed by atoms with E-state index in [-0.39, 0.29) is 23.6 Å². The van der Waals surface area contributed by atoms with Gasteiger partial charge in [-0.1, -0.05) is 13.0 Å². The Kier molecular flexibility index (Phi) is 5.04. The van der Waals surface area contributed by atoms with Crippen molar-refractivity contribution in [2.24, 2.45) is 0 Å². The molecule has 1 aromatic carbocycles. The number of amides is 1. The number of para-hydroxylation sites is 1. The Hall–Kier alpha value is -2.15. The second kappa shape index (κ2) is 6.33. The van der Waals surface area contributed by atoms with Crippen LogP contribution in [0.3, 0.4) is 0 Å². The van der Waals surface area contributed by atoms with Crippen molar-refractivity contribution in [3.63, 3.8) is 0 Å². The van der Waals surface area contributed by atoms with E-state index in [0.717, 1.165) is 0 Å². The fraction of sp³-hybridized carbons (Fsp3) is 0.462. The van der Waals surface area contributed by atoms with Gasteiger partial charge in [-0.25, -0.2) is 0 Å². The molecule has 0 bridgehead atoms. The monoisotopic (exact) mass is 282 g/mol. The van der Waals surface area contributed by atoms with Crippen LogP contribution in [0.1, 0.15) is 30.6 Å². The van der Waals surface area contributed by atoms with Crippen LogP contribution in [0.15, 0.2) is 18.2 Å². The van der Waals surface area contributed by atoms with Gasteiger partial charge >= 0.3 is 5.69 Å². The molecule has 0 aliphatic heterocycles. The largest absolute Gasteiger partial charge is 0.490 e. The van der Waals surface area contributed by atoms with Gasteiger partial charge in [-0.3, -0.25) is 14.9 Å². The number of aliphatic hydroxyl groups is 1. The average molecular weight is 282 g/mol. The molecule has 1 atom stereocenters. The first-order chi connectivity index (χ1) is 9.38. The highest BCUT2D eigenvalue weighted by atomic mass is 16.6. The third-order valence-electron chi connectivity index (χ3n) is 3.18. The van der Waals surface area contributed by atoms with E-state index in [0.29, 0.717) is 6.42 Å². The lowest BCUT2D eigenvalue weighted by atomic mass is 9.99. The van der Waals surface area contributed by atoms with Crippen molar-refractivity contribution in [3.05, 3.63) is 33.9 Å². The summed E-state index contributed by atoms with van der Waals surface area (Å²) in [6.45, 7) is 3.28. The summed E-state index contributed by atoms with van der Waals surface area (Å²) in [6.07, 6.45) is 0.520. The molecule has 1 rings (SSSR count). The highest BCUT2D eigenvalue weighted by Gasteiger charge is 2.28. The average Bonchev–Trinajstić information content (AvgIpc) is 2.45. The first-order valence-electron chi connectivity index (χ1n) is 6.13. The van der Waals surface area contributed by atoms with Crippen LogP contribution in [0.5, 0.6) is 5.75 Å². The number of nitrogens with one attached hydrogen (secondary N) is 1. The van der Waals surface area contributed by atoms with Crippen molar-refractivity contribution in [3.8, 4) is 5.75 Å². The number of ether oxygens (including phenoxy) is 1. The molecule has 0 fully saturated rings. The molecule has 7 heteroatoms. The van der Waals surface area contributed by atoms with Gasteiger partial charge in [-0.05, 0) is 19.4 Å². The smallest absolute Gasteiger partial charge is 0.311 e. The Labute approximate surface area is 116 Å². The van der Waals surface area contributed by atoms with Crippen LogP contribution in [-0.4, -0.2) is 35.2 Å². The number of benzene rings is 1. The van der Waals surface area contributed by atoms with E-state index in [1.54, 1.807) is 6.92 Å². The maximum absolute atomic E-state index is 12.2. The van der Waals surface area contributed by atoms with E-state index in [1.807, 2.05) is 6.92 Å². The topological polar surface area (TPSA) is 102 Å². The van der Waals surface area contributed by atoms with E-state index < -0.39 is 16.4 Å². The summed E-state index contributed by atoms with van der Waals surface area (Å²) in [5.41, 5.74) is -0.996. The van der Waals surface area contributed by atoms with Crippen molar-refractivity contribution >= 4 is 11.6 Å². The third kappa shape index (κ3) is 3.24. The Morgan fingerprint density at radius 1 is 1.55 bits per heavy atom. The van der Waals surface area contributed by atoms with Crippen LogP contribution in [0.2, 0.25) is 0 Å². The van der Waals surface area contributed by atoms with Gasteiger partial charge in [-0.2, -0.15) is 0 Å². The summed E-state index contributed by atoms with van der Waals surface area (Å²) >= 11 is 0. The van der Waals surface area contributed by atoms with Crippen molar-refractivity contribution in [1.82, 2.24) is 5.32 Å². The first-order valence-corrected chi connectivity index (χ1v) is 6.13. The molecule has 1 aromatic rings. The van der Waals surface area contributed by atoms with Gasteiger partial charge in [-0.15, -0.1) is 0 Å². The van der Waals surface area contributed by atoms with Gasteiger partial charge in [0.1, 0.15) is 0 Å². The Morgan fingerprint density at radius 3 is 2.65 bits per heavy atom. The van der Waals surface area contributed by atoms with Crippen LogP contribution in [0.4, 0.5) is 5.69 Å². The lowest BCUT2D eigenvalue weighted by molar-refractivity contribution is -0.385. The maximum atomic E-state index is 12.2. The molecule has 0 saturated heterocycles. The van der Waals surface area contributed by atoms with Gasteiger partial charge in [0.25, 0.3) is 5.91 Å². The summed E-state index contributed by atoms with van der Waals surface area (Å²) in [5.74, 6) is -0.615. The number of hydrogen-bond donors (Lipinski definition) is 2. The molecule has 1 amide bonds. The van der Waals surface area contributed by atoms with Crippen LogP contribution in [0, 0.1) is 10.1 Å². The predicted molar refractivity (Wildman–Crippen MR) is 72.9 cm³/mol. The van der Waals surface area contributed by atoms with Gasteiger partial charge in [0.05, 0.1) is 29.7 Å². The molecule has 0 spiro atoms. The quantitative estimate of drug-likeness (QED) is 0.608. The Bertz CT molecular complexity index is 511. The minimum absolute atomic E-state index is 0.0647. The van der Waals surface area contributed by atoms with Crippen molar-refractivity contribution in [1.29, 1.82) is 0 Å². The fourth-order valence-electron chi connectivity index (χ4n) is 1.64. The second-order valence-corrected chi connectivity index (χ2v) is 4.64. The van der Waals surface area contributed by atoms with Gasteiger partial charge in [0, 0.05) is 6.07 Å². The van der Waals surface area contributed by atoms with Crippen LogP contribution < -0.4 is 10.1 Å². The summed E-state index contributed by atoms with van der Waals surface area (Å²) < 4.78 is 4.98. The SMILES string of the molecule is CCC(C)(CO)NC(=O)c1cccc([N+](=O)[O-])c1OC.